The molecule has 1 aliphatic heterocycles. The Bertz CT molecular complexity index is 779. The summed E-state index contributed by atoms with van der Waals surface area (Å²) >= 11 is 6.05. The fourth-order valence-electron chi connectivity index (χ4n) is 3.16. The van der Waals surface area contributed by atoms with Crippen molar-refractivity contribution in [1.29, 1.82) is 0 Å². The van der Waals surface area contributed by atoms with Crippen molar-refractivity contribution in [3.63, 3.8) is 0 Å². The van der Waals surface area contributed by atoms with Gasteiger partial charge in [-0.05, 0) is 30.7 Å². The number of hydrogen-bond donors (Lipinski definition) is 1. The number of carbonyl (C=O) groups is 1. The Labute approximate surface area is 171 Å². The number of para-hydroxylation sites is 3. The summed E-state index contributed by atoms with van der Waals surface area (Å²) in [6.07, 6.45) is 0.720. The molecular formula is C21H26ClN3O3. The Balaban J connectivity index is 1.37. The number of urea groups is 1. The van der Waals surface area contributed by atoms with Gasteiger partial charge >= 0.3 is 6.03 Å². The second kappa shape index (κ2) is 10.1. The highest BCUT2D eigenvalue weighted by Crippen LogP contribution is 2.28. The summed E-state index contributed by atoms with van der Waals surface area (Å²) in [5.74, 6) is 1.53. The van der Waals surface area contributed by atoms with Gasteiger partial charge in [0.25, 0.3) is 0 Å². The lowest BCUT2D eigenvalue weighted by Gasteiger charge is -2.36. The minimum Gasteiger partial charge on any atom is -0.495 e. The van der Waals surface area contributed by atoms with Gasteiger partial charge in [0.1, 0.15) is 11.5 Å². The average molecular weight is 404 g/mol. The van der Waals surface area contributed by atoms with Crippen molar-refractivity contribution in [3.8, 4) is 11.5 Å². The minimum atomic E-state index is -0.0302. The van der Waals surface area contributed by atoms with Gasteiger partial charge in [0, 0.05) is 32.7 Å². The van der Waals surface area contributed by atoms with Crippen LogP contribution in [0.2, 0.25) is 5.02 Å². The second-order valence-electron chi connectivity index (χ2n) is 6.51. The van der Waals surface area contributed by atoms with Gasteiger partial charge in [-0.2, -0.15) is 0 Å². The van der Waals surface area contributed by atoms with Crippen LogP contribution < -0.4 is 19.7 Å². The van der Waals surface area contributed by atoms with E-state index in [1.54, 1.807) is 13.2 Å². The molecule has 0 aromatic heterocycles. The smallest absolute Gasteiger partial charge is 0.317 e. The molecule has 6 nitrogen and oxygen atoms in total. The molecule has 1 heterocycles. The fourth-order valence-corrected chi connectivity index (χ4v) is 3.35. The number of benzene rings is 2. The zero-order chi connectivity index (χ0) is 19.8. The topological polar surface area (TPSA) is 54.0 Å². The largest absolute Gasteiger partial charge is 0.495 e. The molecule has 28 heavy (non-hydrogen) atoms. The Kier molecular flexibility index (Phi) is 7.25. The molecule has 0 atom stereocenters. The molecule has 0 radical (unpaired) electrons. The van der Waals surface area contributed by atoms with Gasteiger partial charge in [0.15, 0.2) is 0 Å². The number of amides is 2. The lowest BCUT2D eigenvalue weighted by molar-refractivity contribution is 0.193. The molecular weight excluding hydrogens is 378 g/mol. The van der Waals surface area contributed by atoms with Gasteiger partial charge in [-0.3, -0.25) is 0 Å². The van der Waals surface area contributed by atoms with E-state index in [1.165, 1.54) is 0 Å². The zero-order valence-corrected chi connectivity index (χ0v) is 16.8. The van der Waals surface area contributed by atoms with Crippen LogP contribution in [0.25, 0.3) is 0 Å². The summed E-state index contributed by atoms with van der Waals surface area (Å²) < 4.78 is 11.1. The second-order valence-corrected chi connectivity index (χ2v) is 6.92. The lowest BCUT2D eigenvalue weighted by Crippen LogP contribution is -2.52. The standard InChI is InChI=1S/C21H26ClN3O3/c1-27-20-10-5-3-8-18(20)24-12-14-25(15-13-24)21(26)23-11-6-16-28-19-9-4-2-7-17(19)22/h2-5,7-10H,6,11-16H2,1H3,(H,23,26). The number of ether oxygens (including phenoxy) is 2. The quantitative estimate of drug-likeness (QED) is 0.717. The molecule has 1 fully saturated rings. The number of anilines is 1. The van der Waals surface area contributed by atoms with Gasteiger partial charge in [0.2, 0.25) is 0 Å². The van der Waals surface area contributed by atoms with E-state index in [2.05, 4.69) is 10.2 Å². The van der Waals surface area contributed by atoms with Crippen LogP contribution in [0.3, 0.4) is 0 Å². The predicted molar refractivity (Wildman–Crippen MR) is 112 cm³/mol. The van der Waals surface area contributed by atoms with Crippen molar-refractivity contribution in [3.05, 3.63) is 53.6 Å². The highest BCUT2D eigenvalue weighted by atomic mass is 35.5. The Morgan fingerprint density at radius 1 is 1.04 bits per heavy atom. The third-order valence-electron chi connectivity index (χ3n) is 4.68. The Morgan fingerprint density at radius 3 is 2.43 bits per heavy atom. The van der Waals surface area contributed by atoms with Crippen LogP contribution in [0.15, 0.2) is 48.5 Å². The molecule has 0 aliphatic carbocycles. The summed E-state index contributed by atoms with van der Waals surface area (Å²) in [6.45, 7) is 3.99. The first-order chi connectivity index (χ1) is 13.7. The average Bonchev–Trinajstić information content (AvgIpc) is 2.74. The molecule has 1 aliphatic rings. The highest BCUT2D eigenvalue weighted by molar-refractivity contribution is 6.32. The SMILES string of the molecule is COc1ccccc1N1CCN(C(=O)NCCCOc2ccccc2Cl)CC1. The predicted octanol–water partition coefficient (Wildman–Crippen LogP) is 3.65. The molecule has 7 heteroatoms. The van der Waals surface area contributed by atoms with Gasteiger partial charge in [-0.15, -0.1) is 0 Å². The van der Waals surface area contributed by atoms with E-state index in [0.29, 0.717) is 37.0 Å². The summed E-state index contributed by atoms with van der Waals surface area (Å²) in [5.41, 5.74) is 1.07. The number of hydrogen-bond acceptors (Lipinski definition) is 4. The van der Waals surface area contributed by atoms with E-state index in [-0.39, 0.29) is 6.03 Å². The third kappa shape index (κ3) is 5.23. The van der Waals surface area contributed by atoms with Crippen molar-refractivity contribution < 1.29 is 14.3 Å². The maximum absolute atomic E-state index is 12.4. The number of methoxy groups -OCH3 is 1. The maximum atomic E-state index is 12.4. The molecule has 0 bridgehead atoms. The van der Waals surface area contributed by atoms with E-state index in [4.69, 9.17) is 21.1 Å². The fraction of sp³-hybridized carbons (Fsp3) is 0.381. The number of halogens is 1. The normalized spacial score (nSPS) is 13.9. The molecule has 1 N–H and O–H groups in total. The summed E-state index contributed by atoms with van der Waals surface area (Å²) in [5, 5.41) is 3.56. The Hall–Kier alpha value is -2.60. The van der Waals surface area contributed by atoms with E-state index in [9.17, 15) is 4.79 Å². The number of piperazine rings is 1. The van der Waals surface area contributed by atoms with Gasteiger partial charge in [0.05, 0.1) is 24.4 Å². The van der Waals surface area contributed by atoms with Crippen LogP contribution in [-0.2, 0) is 0 Å². The maximum Gasteiger partial charge on any atom is 0.317 e. The molecule has 3 rings (SSSR count). The van der Waals surface area contributed by atoms with Crippen LogP contribution in [0.4, 0.5) is 10.5 Å². The first-order valence-corrected chi connectivity index (χ1v) is 9.85. The van der Waals surface area contributed by atoms with Crippen LogP contribution in [-0.4, -0.2) is 57.4 Å². The van der Waals surface area contributed by atoms with Crippen LogP contribution in [0.1, 0.15) is 6.42 Å². The van der Waals surface area contributed by atoms with Crippen LogP contribution >= 0.6 is 11.6 Å². The van der Waals surface area contributed by atoms with E-state index >= 15 is 0 Å². The molecule has 0 spiro atoms. The zero-order valence-electron chi connectivity index (χ0n) is 16.1. The van der Waals surface area contributed by atoms with Gasteiger partial charge < -0.3 is 24.6 Å². The number of rotatable bonds is 7. The van der Waals surface area contributed by atoms with Crippen molar-refractivity contribution in [2.45, 2.75) is 6.42 Å². The Morgan fingerprint density at radius 2 is 1.71 bits per heavy atom. The number of carbonyl (C=O) groups excluding carboxylic acids is 1. The minimum absolute atomic E-state index is 0.0302. The monoisotopic (exact) mass is 403 g/mol. The van der Waals surface area contributed by atoms with Crippen molar-refractivity contribution in [1.82, 2.24) is 10.2 Å². The van der Waals surface area contributed by atoms with E-state index in [0.717, 1.165) is 30.9 Å². The molecule has 150 valence electrons. The summed E-state index contributed by atoms with van der Waals surface area (Å²) in [7, 11) is 1.68. The van der Waals surface area contributed by atoms with Crippen LogP contribution in [0.5, 0.6) is 11.5 Å². The first-order valence-electron chi connectivity index (χ1n) is 9.47. The third-order valence-corrected chi connectivity index (χ3v) is 5.00. The van der Waals surface area contributed by atoms with E-state index < -0.39 is 0 Å². The molecule has 0 unspecified atom stereocenters. The van der Waals surface area contributed by atoms with Crippen molar-refractivity contribution in [2.75, 3.05) is 51.3 Å². The molecule has 2 amide bonds. The summed E-state index contributed by atoms with van der Waals surface area (Å²) in [6, 6.07) is 15.3. The lowest BCUT2D eigenvalue weighted by atomic mass is 10.2. The van der Waals surface area contributed by atoms with Crippen molar-refractivity contribution >= 4 is 23.3 Å². The van der Waals surface area contributed by atoms with Gasteiger partial charge in [-0.25, -0.2) is 4.79 Å². The van der Waals surface area contributed by atoms with E-state index in [1.807, 2.05) is 47.4 Å². The van der Waals surface area contributed by atoms with Gasteiger partial charge in [-0.1, -0.05) is 35.9 Å². The van der Waals surface area contributed by atoms with Crippen LogP contribution in [0, 0.1) is 0 Å². The number of nitrogens with zero attached hydrogens (tertiary/aromatic N) is 2. The van der Waals surface area contributed by atoms with Crippen molar-refractivity contribution in [2.24, 2.45) is 0 Å². The molecule has 2 aromatic rings. The number of nitrogens with one attached hydrogen (secondary N) is 1. The first kappa shape index (κ1) is 20.1. The highest BCUT2D eigenvalue weighted by Gasteiger charge is 2.22. The molecule has 0 saturated carbocycles. The summed E-state index contributed by atoms with van der Waals surface area (Å²) in [4.78, 5) is 16.5. The molecule has 2 aromatic carbocycles. The molecule has 1 saturated heterocycles.